The van der Waals surface area contributed by atoms with Crippen molar-refractivity contribution in [3.63, 3.8) is 0 Å². The summed E-state index contributed by atoms with van der Waals surface area (Å²) in [4.78, 5) is 34.5. The second-order valence-electron chi connectivity index (χ2n) is 13.4. The highest BCUT2D eigenvalue weighted by Crippen LogP contribution is 2.37. The number of carbonyl (C=O) groups is 1. The minimum absolute atomic E-state index is 0.0491. The summed E-state index contributed by atoms with van der Waals surface area (Å²) in [5.74, 6) is 0.806. The Labute approximate surface area is 293 Å². The minimum atomic E-state index is -0.251. The van der Waals surface area contributed by atoms with Gasteiger partial charge in [-0.3, -0.25) is 9.69 Å². The van der Waals surface area contributed by atoms with E-state index in [9.17, 15) is 10.1 Å². The molecule has 49 heavy (non-hydrogen) atoms. The Morgan fingerprint density at radius 2 is 1.90 bits per heavy atom. The number of carbonyl (C=O) groups excluding carboxylic acids is 1. The molecule has 0 saturated carbocycles. The van der Waals surface area contributed by atoms with Crippen molar-refractivity contribution in [2.45, 2.75) is 44.3 Å². The number of nitriles is 1. The second kappa shape index (κ2) is 15.3. The molecule has 0 aliphatic carbocycles. The van der Waals surface area contributed by atoms with Gasteiger partial charge < -0.3 is 29.1 Å². The number of piperazine rings is 1. The fraction of sp³-hybridized carbons (Fsp3) is 0.514. The zero-order valence-corrected chi connectivity index (χ0v) is 29.0. The first-order chi connectivity index (χ1) is 24.0. The lowest BCUT2D eigenvalue weighted by Gasteiger charge is -2.42. The van der Waals surface area contributed by atoms with Gasteiger partial charge >= 0.3 is 6.01 Å². The number of hydrogen-bond donors (Lipinski definition) is 0. The third kappa shape index (κ3) is 7.48. The molecular formula is C37H45ClN8O3. The molecule has 1 aromatic heterocycles. The number of ether oxygens (including phenoxy) is 2. The van der Waals surface area contributed by atoms with Crippen LogP contribution in [0, 0.1) is 11.3 Å². The average molecular weight is 685 g/mol. The predicted molar refractivity (Wildman–Crippen MR) is 191 cm³/mol. The van der Waals surface area contributed by atoms with Crippen LogP contribution in [0.25, 0.3) is 10.8 Å². The van der Waals surface area contributed by atoms with Crippen LogP contribution < -0.4 is 14.5 Å². The molecule has 4 aliphatic heterocycles. The van der Waals surface area contributed by atoms with Crippen LogP contribution in [0.15, 0.2) is 48.6 Å². The summed E-state index contributed by atoms with van der Waals surface area (Å²) in [6.07, 6.45) is 6.86. The van der Waals surface area contributed by atoms with E-state index in [1.165, 1.54) is 0 Å². The van der Waals surface area contributed by atoms with E-state index in [0.717, 1.165) is 97.2 Å². The van der Waals surface area contributed by atoms with Gasteiger partial charge in [-0.25, -0.2) is 0 Å². The van der Waals surface area contributed by atoms with Gasteiger partial charge in [-0.15, -0.1) is 0 Å². The number of halogens is 1. The van der Waals surface area contributed by atoms with Crippen LogP contribution in [0.1, 0.15) is 30.5 Å². The lowest BCUT2D eigenvalue weighted by Crippen LogP contribution is -2.55. The standard InChI is InChI=1S/C37H45ClN8O3/c1-42-15-4-8-29(42)26-49-37-40-32-25-44(33-10-3-7-27-6-2-9-31(38)35(27)33)17-13-30(32)36(41-37)45-18-19-46(28(24-45)12-14-39)34(47)11-5-16-43-20-22-48-23-21-43/h2-3,5-7,9-11,28-29H,4,8,12-13,15-26H2,1H3/b11-5+/t28-,29?/m0/s1. The van der Waals surface area contributed by atoms with Gasteiger partial charge in [-0.2, -0.15) is 15.2 Å². The van der Waals surface area contributed by atoms with Crippen LogP contribution in [-0.2, 0) is 22.5 Å². The first-order valence-corrected chi connectivity index (χ1v) is 17.9. The molecule has 2 atom stereocenters. The molecule has 4 aliphatic rings. The molecule has 1 unspecified atom stereocenters. The quantitative estimate of drug-likeness (QED) is 0.306. The number of nitrogens with zero attached hydrogens (tertiary/aromatic N) is 8. The number of amides is 1. The Bertz CT molecular complexity index is 1720. The largest absolute Gasteiger partial charge is 0.462 e. The van der Waals surface area contributed by atoms with Crippen molar-refractivity contribution in [1.82, 2.24) is 24.7 Å². The number of rotatable bonds is 9. The van der Waals surface area contributed by atoms with Crippen LogP contribution in [0.3, 0.4) is 0 Å². The molecule has 7 rings (SSSR count). The lowest BCUT2D eigenvalue weighted by atomic mass is 10.0. The molecule has 0 spiro atoms. The van der Waals surface area contributed by atoms with Gasteiger partial charge in [0.2, 0.25) is 5.91 Å². The maximum Gasteiger partial charge on any atom is 0.318 e. The molecule has 0 N–H and O–H groups in total. The summed E-state index contributed by atoms with van der Waals surface area (Å²) in [6, 6.07) is 15.1. The maximum atomic E-state index is 13.4. The minimum Gasteiger partial charge on any atom is -0.462 e. The molecule has 3 fully saturated rings. The number of likely N-dealkylation sites (tertiary alicyclic amines) is 1. The van der Waals surface area contributed by atoms with Crippen LogP contribution in [0.5, 0.6) is 6.01 Å². The van der Waals surface area contributed by atoms with E-state index in [2.05, 4.69) is 57.0 Å². The average Bonchev–Trinajstić information content (AvgIpc) is 3.54. The Morgan fingerprint density at radius 3 is 2.69 bits per heavy atom. The summed E-state index contributed by atoms with van der Waals surface area (Å²) in [5.41, 5.74) is 3.14. The highest BCUT2D eigenvalue weighted by molar-refractivity contribution is 6.36. The van der Waals surface area contributed by atoms with Gasteiger partial charge in [-0.1, -0.05) is 41.9 Å². The number of morpholine rings is 1. The molecular weight excluding hydrogens is 640 g/mol. The highest BCUT2D eigenvalue weighted by Gasteiger charge is 2.34. The number of benzene rings is 2. The second-order valence-corrected chi connectivity index (χ2v) is 13.8. The molecule has 1 amide bonds. The molecule has 11 nitrogen and oxygen atoms in total. The Hall–Kier alpha value is -3.95. The van der Waals surface area contributed by atoms with Gasteiger partial charge in [0.05, 0.1) is 49.0 Å². The number of aromatic nitrogens is 2. The first kappa shape index (κ1) is 33.5. The predicted octanol–water partition coefficient (Wildman–Crippen LogP) is 4.14. The van der Waals surface area contributed by atoms with E-state index in [0.29, 0.717) is 51.4 Å². The molecule has 3 saturated heterocycles. The smallest absolute Gasteiger partial charge is 0.318 e. The fourth-order valence-corrected chi connectivity index (χ4v) is 7.90. The number of hydrogen-bond acceptors (Lipinski definition) is 10. The third-order valence-electron chi connectivity index (χ3n) is 10.4. The molecule has 0 radical (unpaired) electrons. The number of fused-ring (bicyclic) bond motifs is 2. The topological polar surface area (TPSA) is 101 Å². The first-order valence-electron chi connectivity index (χ1n) is 17.5. The monoisotopic (exact) mass is 684 g/mol. The normalized spacial score (nSPS) is 22.1. The van der Waals surface area contributed by atoms with E-state index >= 15 is 0 Å². The van der Waals surface area contributed by atoms with Crippen LogP contribution in [-0.4, -0.2) is 122 Å². The van der Waals surface area contributed by atoms with Crippen molar-refractivity contribution >= 4 is 39.8 Å². The Balaban J connectivity index is 1.14. The SMILES string of the molecule is CN1CCCC1COc1nc2c(c(N3CCN(C(=O)/C=C/CN4CCOCC4)[C@@H](CC#N)C3)n1)CCN(c1cccc3cccc(Cl)c13)C2. The van der Waals surface area contributed by atoms with Crippen molar-refractivity contribution in [3.05, 3.63) is 64.8 Å². The Kier molecular flexibility index (Phi) is 10.5. The van der Waals surface area contributed by atoms with Gasteiger partial charge in [0.15, 0.2) is 0 Å². The van der Waals surface area contributed by atoms with E-state index in [-0.39, 0.29) is 18.4 Å². The molecule has 5 heterocycles. The summed E-state index contributed by atoms with van der Waals surface area (Å²) in [7, 11) is 2.14. The zero-order chi connectivity index (χ0) is 33.7. The third-order valence-corrected chi connectivity index (χ3v) is 10.7. The van der Waals surface area contributed by atoms with Crippen molar-refractivity contribution in [2.75, 3.05) is 89.0 Å². The van der Waals surface area contributed by atoms with Crippen LogP contribution >= 0.6 is 11.6 Å². The van der Waals surface area contributed by atoms with E-state index in [1.807, 2.05) is 23.1 Å². The fourth-order valence-electron chi connectivity index (χ4n) is 7.62. The van der Waals surface area contributed by atoms with Gasteiger partial charge in [0.1, 0.15) is 12.4 Å². The number of anilines is 2. The summed E-state index contributed by atoms with van der Waals surface area (Å²) in [5, 5.41) is 12.7. The molecule has 12 heteroatoms. The lowest BCUT2D eigenvalue weighted by molar-refractivity contribution is -0.128. The Morgan fingerprint density at radius 1 is 1.06 bits per heavy atom. The summed E-state index contributed by atoms with van der Waals surface area (Å²) < 4.78 is 11.8. The molecule has 2 aromatic carbocycles. The summed E-state index contributed by atoms with van der Waals surface area (Å²) >= 11 is 6.74. The number of likely N-dealkylation sites (N-methyl/N-ethyl adjacent to an activating group) is 1. The highest BCUT2D eigenvalue weighted by atomic mass is 35.5. The summed E-state index contributed by atoms with van der Waals surface area (Å²) in [6.45, 7) is 8.53. The van der Waals surface area contributed by atoms with Gasteiger partial charge in [-0.05, 0) is 50.4 Å². The molecule has 3 aromatic rings. The van der Waals surface area contributed by atoms with Gasteiger partial charge in [0, 0.05) is 74.6 Å². The van der Waals surface area contributed by atoms with E-state index in [4.69, 9.17) is 31.0 Å². The van der Waals surface area contributed by atoms with Crippen molar-refractivity contribution < 1.29 is 14.3 Å². The van der Waals surface area contributed by atoms with Crippen molar-refractivity contribution in [2.24, 2.45) is 0 Å². The molecule has 0 bridgehead atoms. The maximum absolute atomic E-state index is 13.4. The molecule has 258 valence electrons. The van der Waals surface area contributed by atoms with E-state index < -0.39 is 0 Å². The van der Waals surface area contributed by atoms with Crippen LogP contribution in [0.4, 0.5) is 11.5 Å². The van der Waals surface area contributed by atoms with Gasteiger partial charge in [0.25, 0.3) is 0 Å². The van der Waals surface area contributed by atoms with E-state index in [1.54, 1.807) is 6.08 Å². The van der Waals surface area contributed by atoms with Crippen molar-refractivity contribution in [3.8, 4) is 12.1 Å². The van der Waals surface area contributed by atoms with Crippen molar-refractivity contribution in [1.29, 1.82) is 5.26 Å². The zero-order valence-electron chi connectivity index (χ0n) is 28.3. The van der Waals surface area contributed by atoms with Crippen LogP contribution in [0.2, 0.25) is 5.02 Å².